The van der Waals surface area contributed by atoms with Gasteiger partial charge in [-0.1, -0.05) is 0 Å². The number of allylic oxidation sites excluding steroid dienone is 1. The van der Waals surface area contributed by atoms with Gasteiger partial charge in [0.15, 0.2) is 5.78 Å². The Hall–Kier alpha value is -2.02. The highest BCUT2D eigenvalue weighted by atomic mass is 32.2. The van der Waals surface area contributed by atoms with Gasteiger partial charge in [-0.3, -0.25) is 9.10 Å². The van der Waals surface area contributed by atoms with Crippen LogP contribution < -0.4 is 4.31 Å². The summed E-state index contributed by atoms with van der Waals surface area (Å²) in [6.45, 7) is 1.54. The van der Waals surface area contributed by atoms with Crippen LogP contribution in [0.4, 0.5) is 5.69 Å². The Labute approximate surface area is 125 Å². The van der Waals surface area contributed by atoms with E-state index < -0.39 is 10.0 Å². The van der Waals surface area contributed by atoms with Gasteiger partial charge >= 0.3 is 0 Å². The van der Waals surface area contributed by atoms with Gasteiger partial charge in [0.2, 0.25) is 10.0 Å². The van der Waals surface area contributed by atoms with Crippen molar-refractivity contribution >= 4 is 21.5 Å². The topological polar surface area (TPSA) is 77.9 Å². The smallest absolute Gasteiger partial charge is 0.234 e. The van der Waals surface area contributed by atoms with Gasteiger partial charge in [-0.05, 0) is 19.1 Å². The highest BCUT2D eigenvalue weighted by Crippen LogP contribution is 2.26. The molecule has 1 rings (SSSR count). The fourth-order valence-corrected chi connectivity index (χ4v) is 2.41. The number of hydrogen-bond donors (Lipinski definition) is 1. The molecular weight excluding hydrogens is 292 g/mol. The van der Waals surface area contributed by atoms with Crippen LogP contribution in [-0.4, -0.2) is 51.1 Å². The third-order valence-corrected chi connectivity index (χ3v) is 4.69. The molecule has 21 heavy (non-hydrogen) atoms. The molecule has 0 radical (unpaired) electrons. The molecule has 0 aliphatic heterocycles. The van der Waals surface area contributed by atoms with Crippen molar-refractivity contribution in [1.82, 2.24) is 4.90 Å². The number of phenolic OH excluding ortho intramolecular Hbond substituents is 1. The maximum atomic E-state index is 11.9. The van der Waals surface area contributed by atoms with Crippen LogP contribution in [0.15, 0.2) is 30.5 Å². The lowest BCUT2D eigenvalue weighted by molar-refractivity contribution is 0.104. The lowest BCUT2D eigenvalue weighted by Crippen LogP contribution is -2.27. The Morgan fingerprint density at radius 3 is 2.38 bits per heavy atom. The third-order valence-electron chi connectivity index (χ3n) is 2.92. The van der Waals surface area contributed by atoms with Crippen molar-refractivity contribution in [3.8, 4) is 5.75 Å². The molecule has 116 valence electrons. The first-order valence-electron chi connectivity index (χ1n) is 6.37. The van der Waals surface area contributed by atoms with Crippen LogP contribution in [0.25, 0.3) is 0 Å². The molecule has 0 aliphatic carbocycles. The zero-order valence-electron chi connectivity index (χ0n) is 12.6. The zero-order chi connectivity index (χ0) is 16.2. The van der Waals surface area contributed by atoms with Crippen molar-refractivity contribution in [1.29, 1.82) is 0 Å². The SMILES string of the molecule is CCS(=O)(=O)N(C)c1ccc(C(=O)C=CN(C)C)c(O)c1. The summed E-state index contributed by atoms with van der Waals surface area (Å²) in [5.41, 5.74) is 0.432. The Kier molecular flexibility index (Phi) is 5.37. The summed E-state index contributed by atoms with van der Waals surface area (Å²) >= 11 is 0. The number of sulfonamides is 1. The largest absolute Gasteiger partial charge is 0.507 e. The van der Waals surface area contributed by atoms with E-state index in [1.807, 2.05) is 0 Å². The van der Waals surface area contributed by atoms with Crippen LogP contribution in [-0.2, 0) is 10.0 Å². The molecule has 0 saturated carbocycles. The highest BCUT2D eigenvalue weighted by Gasteiger charge is 2.18. The molecule has 0 bridgehead atoms. The van der Waals surface area contributed by atoms with Gasteiger partial charge in [0.1, 0.15) is 5.75 Å². The lowest BCUT2D eigenvalue weighted by atomic mass is 10.1. The van der Waals surface area contributed by atoms with Gasteiger partial charge in [0, 0.05) is 39.5 Å². The summed E-state index contributed by atoms with van der Waals surface area (Å²) in [6.07, 6.45) is 2.91. The molecule has 1 N–H and O–H groups in total. The van der Waals surface area contributed by atoms with E-state index in [2.05, 4.69) is 0 Å². The van der Waals surface area contributed by atoms with E-state index in [0.717, 1.165) is 4.31 Å². The third kappa shape index (κ3) is 4.22. The lowest BCUT2D eigenvalue weighted by Gasteiger charge is -2.19. The molecule has 0 atom stereocenters. The first-order valence-corrected chi connectivity index (χ1v) is 7.98. The zero-order valence-corrected chi connectivity index (χ0v) is 13.4. The summed E-state index contributed by atoms with van der Waals surface area (Å²) < 4.78 is 24.6. The fraction of sp³-hybridized carbons (Fsp3) is 0.357. The van der Waals surface area contributed by atoms with Crippen LogP contribution in [0.5, 0.6) is 5.75 Å². The van der Waals surface area contributed by atoms with Crippen molar-refractivity contribution in [2.75, 3.05) is 31.2 Å². The van der Waals surface area contributed by atoms with Gasteiger partial charge < -0.3 is 10.0 Å². The van der Waals surface area contributed by atoms with Gasteiger partial charge in [-0.25, -0.2) is 8.42 Å². The first kappa shape index (κ1) is 17.0. The Morgan fingerprint density at radius 1 is 1.29 bits per heavy atom. The second-order valence-corrected chi connectivity index (χ2v) is 7.00. The van der Waals surface area contributed by atoms with E-state index in [-0.39, 0.29) is 22.8 Å². The number of carbonyl (C=O) groups is 1. The second kappa shape index (κ2) is 6.62. The number of rotatable bonds is 6. The number of hydrogen-bond acceptors (Lipinski definition) is 5. The predicted molar refractivity (Wildman–Crippen MR) is 83.1 cm³/mol. The molecular formula is C14H20N2O4S. The first-order chi connectivity index (χ1) is 9.69. The standard InChI is InChI=1S/C14H20N2O4S/c1-5-21(19,20)16(4)11-6-7-12(14(18)10-11)13(17)8-9-15(2)3/h6-10,18H,5H2,1-4H3. The summed E-state index contributed by atoms with van der Waals surface area (Å²) in [7, 11) is 1.55. The number of ketones is 1. The minimum atomic E-state index is -3.41. The van der Waals surface area contributed by atoms with Crippen LogP contribution in [0.2, 0.25) is 0 Å². The number of aromatic hydroxyl groups is 1. The minimum absolute atomic E-state index is 0.0451. The van der Waals surface area contributed by atoms with E-state index in [1.165, 1.54) is 38.2 Å². The number of anilines is 1. The van der Waals surface area contributed by atoms with Gasteiger partial charge in [0.25, 0.3) is 0 Å². The summed E-state index contributed by atoms with van der Waals surface area (Å²) in [5.74, 6) is -0.649. The number of benzene rings is 1. The van der Waals surface area contributed by atoms with Crippen molar-refractivity contribution < 1.29 is 18.3 Å². The van der Waals surface area contributed by atoms with Gasteiger partial charge in [-0.15, -0.1) is 0 Å². The van der Waals surface area contributed by atoms with E-state index in [0.29, 0.717) is 5.69 Å². The molecule has 0 aliphatic rings. The van der Waals surface area contributed by atoms with Crippen LogP contribution in [0.1, 0.15) is 17.3 Å². The Morgan fingerprint density at radius 2 is 1.90 bits per heavy atom. The molecule has 1 aromatic carbocycles. The summed E-state index contributed by atoms with van der Waals surface area (Å²) in [4.78, 5) is 13.6. The Bertz CT molecular complexity index is 651. The van der Waals surface area contributed by atoms with E-state index >= 15 is 0 Å². The molecule has 1 aromatic rings. The van der Waals surface area contributed by atoms with Crippen molar-refractivity contribution in [2.24, 2.45) is 0 Å². The van der Waals surface area contributed by atoms with E-state index in [1.54, 1.807) is 25.2 Å². The number of carbonyl (C=O) groups excluding carboxylic acids is 1. The molecule has 0 spiro atoms. The van der Waals surface area contributed by atoms with Gasteiger partial charge in [0.05, 0.1) is 17.0 Å². The fourth-order valence-electron chi connectivity index (χ4n) is 1.59. The molecule has 0 fully saturated rings. The molecule has 7 heteroatoms. The summed E-state index contributed by atoms with van der Waals surface area (Å²) in [6, 6.07) is 4.17. The average molecular weight is 312 g/mol. The maximum absolute atomic E-state index is 11.9. The number of nitrogens with zero attached hydrogens (tertiary/aromatic N) is 2. The predicted octanol–water partition coefficient (Wildman–Crippen LogP) is 1.44. The quantitative estimate of drug-likeness (QED) is 0.635. The molecule has 0 saturated heterocycles. The van der Waals surface area contributed by atoms with Crippen LogP contribution in [0.3, 0.4) is 0 Å². The maximum Gasteiger partial charge on any atom is 0.234 e. The summed E-state index contributed by atoms with van der Waals surface area (Å²) in [5, 5.41) is 9.92. The highest BCUT2D eigenvalue weighted by molar-refractivity contribution is 7.92. The van der Waals surface area contributed by atoms with E-state index in [9.17, 15) is 18.3 Å². The second-order valence-electron chi connectivity index (χ2n) is 4.71. The minimum Gasteiger partial charge on any atom is -0.507 e. The molecule has 0 aromatic heterocycles. The van der Waals surface area contributed by atoms with E-state index in [4.69, 9.17) is 0 Å². The molecule has 6 nitrogen and oxygen atoms in total. The van der Waals surface area contributed by atoms with Crippen molar-refractivity contribution in [3.63, 3.8) is 0 Å². The normalized spacial score (nSPS) is 11.6. The van der Waals surface area contributed by atoms with Crippen molar-refractivity contribution in [3.05, 3.63) is 36.0 Å². The molecule has 0 amide bonds. The van der Waals surface area contributed by atoms with Crippen molar-refractivity contribution in [2.45, 2.75) is 6.92 Å². The molecule has 0 unspecified atom stereocenters. The monoisotopic (exact) mass is 312 g/mol. The number of phenols is 1. The van der Waals surface area contributed by atoms with Crippen LogP contribution >= 0.6 is 0 Å². The van der Waals surface area contributed by atoms with Crippen LogP contribution in [0, 0.1) is 0 Å². The Balaban J connectivity index is 3.09. The van der Waals surface area contributed by atoms with Gasteiger partial charge in [-0.2, -0.15) is 0 Å². The average Bonchev–Trinajstić information content (AvgIpc) is 2.43. The molecule has 0 heterocycles.